The largest absolute Gasteiger partial charge is 0.340 e. The Kier molecular flexibility index (Phi) is 5.01. The zero-order valence-corrected chi connectivity index (χ0v) is 16.1. The quantitative estimate of drug-likeness (QED) is 0.613. The van der Waals surface area contributed by atoms with E-state index >= 15 is 0 Å². The van der Waals surface area contributed by atoms with Crippen LogP contribution in [-0.2, 0) is 9.84 Å². The zero-order valence-electron chi connectivity index (χ0n) is 15.3. The van der Waals surface area contributed by atoms with E-state index in [4.69, 9.17) is 0 Å². The van der Waals surface area contributed by atoms with E-state index in [9.17, 15) is 13.2 Å². The number of carbonyl (C=O) groups excluding carboxylic acids is 1. The van der Waals surface area contributed by atoms with E-state index < -0.39 is 9.84 Å². The van der Waals surface area contributed by atoms with Crippen molar-refractivity contribution in [1.82, 2.24) is 4.57 Å². The van der Waals surface area contributed by atoms with Gasteiger partial charge in [-0.15, -0.1) is 0 Å². The molecular weight excluding hydrogens is 346 g/mol. The fourth-order valence-electron chi connectivity index (χ4n) is 3.54. The zero-order chi connectivity index (χ0) is 18.9. The number of hydrogen-bond donors (Lipinski definition) is 0. The van der Waals surface area contributed by atoms with Crippen LogP contribution < -0.4 is 0 Å². The number of rotatable bonds is 6. The first-order valence-electron chi connectivity index (χ1n) is 8.75. The molecule has 2 aromatic carbocycles. The molecule has 1 aromatic heterocycles. The molecule has 0 aliphatic heterocycles. The summed E-state index contributed by atoms with van der Waals surface area (Å²) in [7, 11) is -3.12. The number of nitrogens with zero attached hydrogens (tertiary/aromatic N) is 1. The number of sulfone groups is 1. The predicted octanol–water partition coefficient (Wildman–Crippen LogP) is 4.18. The highest BCUT2D eigenvalue weighted by Crippen LogP contribution is 2.31. The van der Waals surface area contributed by atoms with Gasteiger partial charge < -0.3 is 4.57 Å². The number of ketones is 1. The van der Waals surface area contributed by atoms with E-state index in [1.54, 1.807) is 19.1 Å². The van der Waals surface area contributed by atoms with Crippen LogP contribution in [0.5, 0.6) is 0 Å². The Balaban J connectivity index is 2.18. The van der Waals surface area contributed by atoms with E-state index in [0.29, 0.717) is 11.1 Å². The highest BCUT2D eigenvalue weighted by Gasteiger charge is 2.25. The number of carbonyl (C=O) groups is 1. The van der Waals surface area contributed by atoms with Crippen molar-refractivity contribution in [2.24, 2.45) is 0 Å². The molecule has 136 valence electrons. The lowest BCUT2D eigenvalue weighted by Gasteiger charge is -2.17. The average Bonchev–Trinajstić information content (AvgIpc) is 2.93. The van der Waals surface area contributed by atoms with Gasteiger partial charge in [-0.2, -0.15) is 0 Å². The number of para-hydroxylation sites is 1. The minimum absolute atomic E-state index is 0.0383. The molecular formula is C21H23NO3S. The number of benzene rings is 2. The fraction of sp³-hybridized carbons (Fsp3) is 0.286. The topological polar surface area (TPSA) is 56.1 Å². The summed E-state index contributed by atoms with van der Waals surface area (Å²) in [4.78, 5) is 13.1. The van der Waals surface area contributed by atoms with Crippen molar-refractivity contribution >= 4 is 26.5 Å². The van der Waals surface area contributed by atoms with Gasteiger partial charge in [0, 0.05) is 34.0 Å². The molecule has 0 N–H and O–H groups in total. The van der Waals surface area contributed by atoms with Crippen molar-refractivity contribution in [1.29, 1.82) is 0 Å². The number of fused-ring (bicyclic) bond motifs is 1. The normalized spacial score (nSPS) is 13.0. The van der Waals surface area contributed by atoms with Gasteiger partial charge in [-0.25, -0.2) is 8.42 Å². The lowest BCUT2D eigenvalue weighted by Crippen LogP contribution is -2.20. The smallest absolute Gasteiger partial charge is 0.195 e. The monoisotopic (exact) mass is 369 g/mol. The first-order chi connectivity index (χ1) is 12.4. The molecule has 3 rings (SSSR count). The molecule has 0 saturated heterocycles. The maximum atomic E-state index is 13.1. The Morgan fingerprint density at radius 1 is 1.04 bits per heavy atom. The van der Waals surface area contributed by atoms with Crippen LogP contribution in [0.3, 0.4) is 0 Å². The second kappa shape index (κ2) is 7.08. The van der Waals surface area contributed by atoms with Crippen LogP contribution in [0.2, 0.25) is 0 Å². The molecule has 1 atom stereocenters. The van der Waals surface area contributed by atoms with Crippen LogP contribution in [0.4, 0.5) is 0 Å². The van der Waals surface area contributed by atoms with Gasteiger partial charge in [-0.3, -0.25) is 4.79 Å². The maximum absolute atomic E-state index is 13.1. The minimum Gasteiger partial charge on any atom is -0.340 e. The standard InChI is InChI=1S/C21H23NO3S/c1-4-26(24,25)14-15(2)22-16(3)20(18-12-8-9-13-19(18)22)21(23)17-10-6-5-7-11-17/h5-13,15H,4,14H2,1-3H3. The fourth-order valence-corrected chi connectivity index (χ4v) is 4.66. The van der Waals surface area contributed by atoms with Crippen LogP contribution >= 0.6 is 0 Å². The second-order valence-corrected chi connectivity index (χ2v) is 8.99. The highest BCUT2D eigenvalue weighted by atomic mass is 32.2. The first-order valence-corrected chi connectivity index (χ1v) is 10.6. The Morgan fingerprint density at radius 3 is 2.31 bits per heavy atom. The van der Waals surface area contributed by atoms with Crippen molar-refractivity contribution in [2.45, 2.75) is 26.8 Å². The Morgan fingerprint density at radius 2 is 1.65 bits per heavy atom. The molecule has 26 heavy (non-hydrogen) atoms. The summed E-state index contributed by atoms with van der Waals surface area (Å²) in [6.07, 6.45) is 0. The predicted molar refractivity (Wildman–Crippen MR) is 106 cm³/mol. The van der Waals surface area contributed by atoms with Crippen LogP contribution in [0.1, 0.15) is 41.5 Å². The van der Waals surface area contributed by atoms with Gasteiger partial charge >= 0.3 is 0 Å². The summed E-state index contributed by atoms with van der Waals surface area (Å²) in [6.45, 7) is 5.45. The van der Waals surface area contributed by atoms with Crippen molar-refractivity contribution in [3.05, 3.63) is 71.4 Å². The SMILES string of the molecule is CCS(=O)(=O)CC(C)n1c(C)c(C(=O)c2ccccc2)c2ccccc21. The van der Waals surface area contributed by atoms with Crippen LogP contribution in [0.15, 0.2) is 54.6 Å². The van der Waals surface area contributed by atoms with Crippen LogP contribution in [0, 0.1) is 6.92 Å². The van der Waals surface area contributed by atoms with Gasteiger partial charge in [0.15, 0.2) is 15.6 Å². The van der Waals surface area contributed by atoms with Gasteiger partial charge in [0.05, 0.1) is 11.3 Å². The van der Waals surface area contributed by atoms with Gasteiger partial charge in [0.1, 0.15) is 0 Å². The maximum Gasteiger partial charge on any atom is 0.195 e. The first kappa shape index (κ1) is 18.4. The molecule has 0 bridgehead atoms. The van der Waals surface area contributed by atoms with E-state index in [0.717, 1.165) is 16.6 Å². The average molecular weight is 369 g/mol. The van der Waals surface area contributed by atoms with Gasteiger partial charge in [0.2, 0.25) is 0 Å². The summed E-state index contributed by atoms with van der Waals surface area (Å²) in [5, 5.41) is 0.861. The van der Waals surface area contributed by atoms with E-state index in [2.05, 4.69) is 0 Å². The molecule has 4 nitrogen and oxygen atoms in total. The van der Waals surface area contributed by atoms with Crippen molar-refractivity contribution in [2.75, 3.05) is 11.5 Å². The Labute approximate surface area is 154 Å². The Bertz CT molecular complexity index is 1050. The lowest BCUT2D eigenvalue weighted by atomic mass is 10.0. The molecule has 3 aromatic rings. The van der Waals surface area contributed by atoms with E-state index in [-0.39, 0.29) is 23.3 Å². The van der Waals surface area contributed by atoms with Gasteiger partial charge in [-0.1, -0.05) is 55.5 Å². The number of aromatic nitrogens is 1. The second-order valence-electron chi connectivity index (χ2n) is 6.59. The summed E-state index contributed by atoms with van der Waals surface area (Å²) in [5.74, 6) is 0.136. The van der Waals surface area contributed by atoms with Crippen molar-refractivity contribution in [3.63, 3.8) is 0 Å². The van der Waals surface area contributed by atoms with Crippen LogP contribution in [0.25, 0.3) is 10.9 Å². The lowest BCUT2D eigenvalue weighted by molar-refractivity contribution is 0.103. The summed E-state index contributed by atoms with van der Waals surface area (Å²) in [6, 6.07) is 16.6. The van der Waals surface area contributed by atoms with E-state index in [1.165, 1.54) is 0 Å². The highest BCUT2D eigenvalue weighted by molar-refractivity contribution is 7.91. The van der Waals surface area contributed by atoms with E-state index in [1.807, 2.05) is 60.9 Å². The third-order valence-electron chi connectivity index (χ3n) is 4.79. The van der Waals surface area contributed by atoms with Gasteiger partial charge in [0.25, 0.3) is 0 Å². The molecule has 0 aliphatic rings. The summed E-state index contributed by atoms with van der Waals surface area (Å²) < 4.78 is 26.2. The van der Waals surface area contributed by atoms with Gasteiger partial charge in [-0.05, 0) is 19.9 Å². The molecule has 1 heterocycles. The third kappa shape index (κ3) is 3.31. The molecule has 0 aliphatic carbocycles. The Hall–Kier alpha value is -2.40. The molecule has 0 radical (unpaired) electrons. The summed E-state index contributed by atoms with van der Waals surface area (Å²) in [5.41, 5.74) is 2.97. The third-order valence-corrected chi connectivity index (χ3v) is 6.66. The number of hydrogen-bond acceptors (Lipinski definition) is 3. The minimum atomic E-state index is -3.12. The molecule has 5 heteroatoms. The molecule has 1 unspecified atom stereocenters. The molecule has 0 spiro atoms. The summed E-state index contributed by atoms with van der Waals surface area (Å²) >= 11 is 0. The van der Waals surface area contributed by atoms with Crippen LogP contribution in [-0.4, -0.2) is 30.3 Å². The molecule has 0 amide bonds. The van der Waals surface area contributed by atoms with Crippen molar-refractivity contribution in [3.8, 4) is 0 Å². The molecule has 0 fully saturated rings. The van der Waals surface area contributed by atoms with Crippen molar-refractivity contribution < 1.29 is 13.2 Å². The molecule has 0 saturated carbocycles.